The molecule has 128 valence electrons. The van der Waals surface area contributed by atoms with Gasteiger partial charge in [0, 0.05) is 12.6 Å². The summed E-state index contributed by atoms with van der Waals surface area (Å²) in [6, 6.07) is 4.02. The van der Waals surface area contributed by atoms with Crippen LogP contribution in [0.3, 0.4) is 0 Å². The van der Waals surface area contributed by atoms with Gasteiger partial charge in [-0.2, -0.15) is 4.72 Å². The number of hydrogen-bond acceptors (Lipinski definition) is 4. The molecule has 1 fully saturated rings. The lowest BCUT2D eigenvalue weighted by atomic mass is 9.94. The normalized spacial score (nSPS) is 23.3. The van der Waals surface area contributed by atoms with Crippen molar-refractivity contribution >= 4 is 15.9 Å². The van der Waals surface area contributed by atoms with Crippen molar-refractivity contribution in [2.24, 2.45) is 5.92 Å². The van der Waals surface area contributed by atoms with Crippen LogP contribution in [0.2, 0.25) is 0 Å². The fraction of sp³-hybridized carbons (Fsp3) is 0.533. The van der Waals surface area contributed by atoms with Crippen LogP contribution in [-0.4, -0.2) is 39.5 Å². The highest BCUT2D eigenvalue weighted by Gasteiger charge is 2.28. The molecule has 1 saturated heterocycles. The van der Waals surface area contributed by atoms with E-state index in [1.807, 2.05) is 6.92 Å². The molecule has 6 nitrogen and oxygen atoms in total. The fourth-order valence-corrected chi connectivity index (χ4v) is 3.79. The standard InChI is InChI=1S/C15H22FN3O3S/c1-10-7-8-17-9-13(10)18-15(20)11(2)19-23(21,22)14-6-4-3-5-12(14)16/h3-6,10-11,13,17,19H,7-9H2,1-2H3,(H,18,20). The number of sulfonamides is 1. The van der Waals surface area contributed by atoms with Crippen LogP contribution >= 0.6 is 0 Å². The van der Waals surface area contributed by atoms with E-state index in [0.717, 1.165) is 25.1 Å². The van der Waals surface area contributed by atoms with E-state index in [1.165, 1.54) is 19.1 Å². The number of halogens is 1. The Kier molecular flexibility index (Phi) is 5.72. The second-order valence-electron chi connectivity index (χ2n) is 5.86. The Morgan fingerprint density at radius 1 is 1.39 bits per heavy atom. The summed E-state index contributed by atoms with van der Waals surface area (Å²) in [5.41, 5.74) is 0. The lowest BCUT2D eigenvalue weighted by Crippen LogP contribution is -2.54. The van der Waals surface area contributed by atoms with Gasteiger partial charge in [-0.3, -0.25) is 4.79 Å². The van der Waals surface area contributed by atoms with Gasteiger partial charge in [0.25, 0.3) is 0 Å². The van der Waals surface area contributed by atoms with Crippen LogP contribution in [0.4, 0.5) is 4.39 Å². The van der Waals surface area contributed by atoms with Crippen LogP contribution in [0.1, 0.15) is 20.3 Å². The Balaban J connectivity index is 2.01. The Bertz CT molecular complexity index is 666. The molecule has 1 aliphatic heterocycles. The highest BCUT2D eigenvalue weighted by Crippen LogP contribution is 2.14. The van der Waals surface area contributed by atoms with E-state index in [0.29, 0.717) is 12.5 Å². The van der Waals surface area contributed by atoms with Crippen molar-refractivity contribution in [1.82, 2.24) is 15.4 Å². The molecule has 0 aliphatic carbocycles. The molecule has 1 aromatic carbocycles. The first kappa shape index (κ1) is 17.8. The topological polar surface area (TPSA) is 87.3 Å². The number of benzene rings is 1. The third kappa shape index (κ3) is 4.49. The molecule has 2 rings (SSSR count). The molecule has 0 saturated carbocycles. The summed E-state index contributed by atoms with van der Waals surface area (Å²) >= 11 is 0. The van der Waals surface area contributed by atoms with Gasteiger partial charge >= 0.3 is 0 Å². The fourth-order valence-electron chi connectivity index (χ4n) is 2.50. The number of rotatable bonds is 5. The SMILES string of the molecule is CC(NS(=O)(=O)c1ccccc1F)C(=O)NC1CNCCC1C. The van der Waals surface area contributed by atoms with Crippen LogP contribution in [0.15, 0.2) is 29.2 Å². The van der Waals surface area contributed by atoms with E-state index in [1.54, 1.807) is 0 Å². The van der Waals surface area contributed by atoms with Crippen LogP contribution in [0, 0.1) is 11.7 Å². The minimum absolute atomic E-state index is 0.0448. The molecule has 1 aliphatic rings. The van der Waals surface area contributed by atoms with Gasteiger partial charge in [-0.15, -0.1) is 0 Å². The highest BCUT2D eigenvalue weighted by atomic mass is 32.2. The van der Waals surface area contributed by atoms with E-state index >= 15 is 0 Å². The summed E-state index contributed by atoms with van der Waals surface area (Å²) in [5, 5.41) is 6.02. The average Bonchev–Trinajstić information content (AvgIpc) is 2.49. The molecule has 8 heteroatoms. The molecule has 0 radical (unpaired) electrons. The smallest absolute Gasteiger partial charge is 0.244 e. The zero-order valence-corrected chi connectivity index (χ0v) is 14.0. The molecule has 3 atom stereocenters. The first-order valence-corrected chi connectivity index (χ1v) is 9.07. The number of piperidine rings is 1. The van der Waals surface area contributed by atoms with Crippen molar-refractivity contribution in [3.05, 3.63) is 30.1 Å². The second-order valence-corrected chi connectivity index (χ2v) is 7.54. The molecule has 3 N–H and O–H groups in total. The Morgan fingerprint density at radius 2 is 2.09 bits per heavy atom. The molecule has 1 aromatic rings. The Hall–Kier alpha value is -1.51. The van der Waals surface area contributed by atoms with E-state index in [4.69, 9.17) is 0 Å². The number of nitrogens with one attached hydrogen (secondary N) is 3. The molecule has 0 spiro atoms. The lowest BCUT2D eigenvalue weighted by Gasteiger charge is -2.31. The third-order valence-electron chi connectivity index (χ3n) is 4.01. The monoisotopic (exact) mass is 343 g/mol. The number of carbonyl (C=O) groups is 1. The van der Waals surface area contributed by atoms with Gasteiger partial charge in [-0.1, -0.05) is 19.1 Å². The number of amides is 1. The van der Waals surface area contributed by atoms with Gasteiger partial charge in [-0.25, -0.2) is 12.8 Å². The van der Waals surface area contributed by atoms with Gasteiger partial charge in [-0.05, 0) is 37.9 Å². The van der Waals surface area contributed by atoms with Gasteiger partial charge in [0.1, 0.15) is 10.7 Å². The third-order valence-corrected chi connectivity index (χ3v) is 5.58. The van der Waals surface area contributed by atoms with E-state index in [2.05, 4.69) is 15.4 Å². The van der Waals surface area contributed by atoms with Crippen LogP contribution in [0.5, 0.6) is 0 Å². The van der Waals surface area contributed by atoms with E-state index < -0.39 is 32.7 Å². The summed E-state index contributed by atoms with van der Waals surface area (Å²) < 4.78 is 40.2. The second kappa shape index (κ2) is 7.37. The van der Waals surface area contributed by atoms with Crippen molar-refractivity contribution in [1.29, 1.82) is 0 Å². The maximum absolute atomic E-state index is 13.6. The summed E-state index contributed by atoms with van der Waals surface area (Å²) in [5.74, 6) is -0.959. The number of carbonyl (C=O) groups excluding carboxylic acids is 1. The van der Waals surface area contributed by atoms with Crippen molar-refractivity contribution in [2.75, 3.05) is 13.1 Å². The van der Waals surface area contributed by atoms with E-state index in [9.17, 15) is 17.6 Å². The maximum atomic E-state index is 13.6. The van der Waals surface area contributed by atoms with Gasteiger partial charge < -0.3 is 10.6 Å². The molecule has 1 amide bonds. The number of hydrogen-bond donors (Lipinski definition) is 3. The van der Waals surface area contributed by atoms with E-state index in [-0.39, 0.29) is 6.04 Å². The molecule has 0 aromatic heterocycles. The molecular formula is C15H22FN3O3S. The first-order chi connectivity index (χ1) is 10.8. The predicted molar refractivity (Wildman–Crippen MR) is 84.8 cm³/mol. The van der Waals surface area contributed by atoms with Crippen molar-refractivity contribution in [2.45, 2.75) is 37.2 Å². The van der Waals surface area contributed by atoms with Gasteiger partial charge in [0.2, 0.25) is 15.9 Å². The van der Waals surface area contributed by atoms with Crippen LogP contribution in [-0.2, 0) is 14.8 Å². The maximum Gasteiger partial charge on any atom is 0.244 e. The van der Waals surface area contributed by atoms with Crippen LogP contribution in [0.25, 0.3) is 0 Å². The van der Waals surface area contributed by atoms with Crippen molar-refractivity contribution < 1.29 is 17.6 Å². The highest BCUT2D eigenvalue weighted by molar-refractivity contribution is 7.89. The van der Waals surface area contributed by atoms with Gasteiger partial charge in [0.05, 0.1) is 6.04 Å². The molecule has 3 unspecified atom stereocenters. The summed E-state index contributed by atoms with van der Waals surface area (Å²) in [6.07, 6.45) is 0.945. The quantitative estimate of drug-likeness (QED) is 0.731. The summed E-state index contributed by atoms with van der Waals surface area (Å²) in [4.78, 5) is 11.7. The molecule has 1 heterocycles. The predicted octanol–water partition coefficient (Wildman–Crippen LogP) is 0.607. The van der Waals surface area contributed by atoms with Gasteiger partial charge in [0.15, 0.2) is 0 Å². The average molecular weight is 343 g/mol. The Morgan fingerprint density at radius 3 is 2.74 bits per heavy atom. The molecule has 23 heavy (non-hydrogen) atoms. The largest absolute Gasteiger partial charge is 0.350 e. The summed E-state index contributed by atoms with van der Waals surface area (Å²) in [6.45, 7) is 5.04. The summed E-state index contributed by atoms with van der Waals surface area (Å²) in [7, 11) is -4.09. The zero-order valence-electron chi connectivity index (χ0n) is 13.2. The lowest BCUT2D eigenvalue weighted by molar-refractivity contribution is -0.123. The molecule has 0 bridgehead atoms. The molecular weight excluding hydrogens is 321 g/mol. The zero-order chi connectivity index (χ0) is 17.0. The minimum Gasteiger partial charge on any atom is -0.350 e. The minimum atomic E-state index is -4.09. The van der Waals surface area contributed by atoms with Crippen LogP contribution < -0.4 is 15.4 Å². The van der Waals surface area contributed by atoms with Crippen molar-refractivity contribution in [3.8, 4) is 0 Å². The Labute approximate surface area is 135 Å². The first-order valence-electron chi connectivity index (χ1n) is 7.59. The van der Waals surface area contributed by atoms with Crippen molar-refractivity contribution in [3.63, 3.8) is 0 Å².